The number of nitrogens with zero attached hydrogens (tertiary/aromatic N) is 1. The van der Waals surface area contributed by atoms with Crippen LogP contribution in [0, 0.1) is 6.92 Å². The van der Waals surface area contributed by atoms with E-state index in [1.165, 1.54) is 4.88 Å². The van der Waals surface area contributed by atoms with Crippen LogP contribution in [0.2, 0.25) is 0 Å². The van der Waals surface area contributed by atoms with Crippen molar-refractivity contribution in [1.82, 2.24) is 0 Å². The van der Waals surface area contributed by atoms with Crippen molar-refractivity contribution < 1.29 is 5.10 Å². The number of nitrogens with one attached hydrogen (secondary N) is 1. The average molecular weight is 183 g/mol. The molecule has 1 aromatic rings. The van der Waals surface area contributed by atoms with E-state index in [4.69, 9.17) is 11.5 Å². The molecule has 0 atom stereocenters. The molecule has 0 aromatic carbocycles. The second kappa shape index (κ2) is 3.87. The number of thiophene rings is 1. The summed E-state index contributed by atoms with van der Waals surface area (Å²) in [6.45, 7) is 2.04. The highest BCUT2D eigenvalue weighted by Crippen LogP contribution is 2.11. The Labute approximate surface area is 74.6 Å². The molecule has 1 heterocycles. The first kappa shape index (κ1) is 8.73. The number of guanidine groups is 1. The van der Waals surface area contributed by atoms with Crippen molar-refractivity contribution in [2.45, 2.75) is 6.92 Å². The van der Waals surface area contributed by atoms with E-state index in [1.807, 2.05) is 19.1 Å². The topological polar surface area (TPSA) is 78.4 Å². The zero-order chi connectivity index (χ0) is 8.97. The lowest BCUT2D eigenvalue weighted by molar-refractivity contribution is -0.456. The first-order valence-electron chi connectivity index (χ1n) is 3.42. The molecule has 0 aliphatic rings. The lowest BCUT2D eigenvalue weighted by Gasteiger charge is -1.77. The minimum Gasteiger partial charge on any atom is -0.365 e. The molecule has 0 aliphatic carbocycles. The molecule has 1 rings (SSSR count). The van der Waals surface area contributed by atoms with E-state index in [9.17, 15) is 0 Å². The maximum absolute atomic E-state index is 5.11. The number of hydrogen-bond acceptors (Lipinski definition) is 2. The maximum Gasteiger partial charge on any atom is 0.256 e. The predicted molar refractivity (Wildman–Crippen MR) is 51.0 cm³/mol. The van der Waals surface area contributed by atoms with Gasteiger partial charge in [-0.05, 0) is 19.1 Å². The molecule has 0 unspecified atom stereocenters. The molecule has 0 amide bonds. The highest BCUT2D eigenvalue weighted by molar-refractivity contribution is 7.13. The van der Waals surface area contributed by atoms with Crippen LogP contribution in [0.3, 0.4) is 0 Å². The van der Waals surface area contributed by atoms with Gasteiger partial charge in [0.15, 0.2) is 0 Å². The van der Waals surface area contributed by atoms with E-state index in [1.54, 1.807) is 17.6 Å². The van der Waals surface area contributed by atoms with Gasteiger partial charge in [0.05, 0.1) is 4.88 Å². The van der Waals surface area contributed by atoms with Crippen molar-refractivity contribution in [2.24, 2.45) is 16.6 Å². The molecule has 0 spiro atoms. The highest BCUT2D eigenvalue weighted by atomic mass is 32.1. The molecule has 0 saturated carbocycles. The standard InChI is InChI=1S/C7H10N4S/c1-5-2-3-6(12-5)4-10-11-7(8)9/h2-4H,1H3,(H4,8,9,11)/p+1/b10-4+. The molecule has 5 heteroatoms. The lowest BCUT2D eigenvalue weighted by Crippen LogP contribution is -2.63. The first-order chi connectivity index (χ1) is 5.68. The van der Waals surface area contributed by atoms with Gasteiger partial charge in [0.25, 0.3) is 5.96 Å². The summed E-state index contributed by atoms with van der Waals surface area (Å²) >= 11 is 1.67. The smallest absolute Gasteiger partial charge is 0.256 e. The average Bonchev–Trinajstić information content (AvgIpc) is 2.35. The molecule has 0 aliphatic heterocycles. The Morgan fingerprint density at radius 1 is 1.58 bits per heavy atom. The Morgan fingerprint density at radius 3 is 2.83 bits per heavy atom. The zero-order valence-electron chi connectivity index (χ0n) is 6.74. The molecule has 1 aromatic heterocycles. The number of nitrogens with two attached hydrogens (primary N) is 2. The van der Waals surface area contributed by atoms with Gasteiger partial charge in [0, 0.05) is 9.98 Å². The van der Waals surface area contributed by atoms with Gasteiger partial charge in [-0.15, -0.1) is 16.4 Å². The molecule has 0 radical (unpaired) electrons. The second-order valence-electron chi connectivity index (χ2n) is 2.26. The third kappa shape index (κ3) is 2.71. The lowest BCUT2D eigenvalue weighted by atomic mass is 10.4. The summed E-state index contributed by atoms with van der Waals surface area (Å²) in [4.78, 5) is 2.35. The van der Waals surface area contributed by atoms with E-state index in [2.05, 4.69) is 10.2 Å². The van der Waals surface area contributed by atoms with Crippen molar-refractivity contribution in [3.05, 3.63) is 21.9 Å². The number of hydrogen-bond donors (Lipinski definition) is 3. The number of hydrazone groups is 1. The summed E-state index contributed by atoms with van der Waals surface area (Å²) in [6.07, 6.45) is 1.75. The van der Waals surface area contributed by atoms with Gasteiger partial charge in [0.1, 0.15) is 0 Å². The van der Waals surface area contributed by atoms with Crippen molar-refractivity contribution in [2.75, 3.05) is 0 Å². The Hall–Kier alpha value is -1.36. The first-order valence-corrected chi connectivity index (χ1v) is 4.24. The van der Waals surface area contributed by atoms with Crippen LogP contribution in [0.1, 0.15) is 9.75 Å². The van der Waals surface area contributed by atoms with Crippen LogP contribution >= 0.6 is 11.3 Å². The molecule has 0 saturated heterocycles. The normalized spacial score (nSPS) is 10.4. The molecule has 12 heavy (non-hydrogen) atoms. The summed E-state index contributed by atoms with van der Waals surface area (Å²) in [5.74, 6) is 0.0273. The summed E-state index contributed by atoms with van der Waals surface area (Å²) in [6, 6.07) is 4.03. The van der Waals surface area contributed by atoms with Gasteiger partial charge in [-0.1, -0.05) is 0 Å². The number of aryl methyl sites for hydroxylation is 1. The van der Waals surface area contributed by atoms with Crippen LogP contribution in [-0.4, -0.2) is 12.2 Å². The zero-order valence-corrected chi connectivity index (χ0v) is 7.56. The van der Waals surface area contributed by atoms with E-state index < -0.39 is 0 Å². The van der Waals surface area contributed by atoms with Crippen LogP contribution in [0.15, 0.2) is 17.2 Å². The molecular formula is C7H11N4S+. The van der Waals surface area contributed by atoms with E-state index in [0.717, 1.165) is 4.88 Å². The fraction of sp³-hybridized carbons (Fsp3) is 0.143. The van der Waals surface area contributed by atoms with Crippen molar-refractivity contribution in [3.63, 3.8) is 0 Å². The Bertz CT molecular complexity index is 309. The molecule has 5 N–H and O–H groups in total. The van der Waals surface area contributed by atoms with Crippen LogP contribution < -0.4 is 16.6 Å². The number of rotatable bonds is 2. The fourth-order valence-corrected chi connectivity index (χ4v) is 1.46. The van der Waals surface area contributed by atoms with Crippen LogP contribution in [0.4, 0.5) is 0 Å². The minimum atomic E-state index is 0.0273. The molecule has 0 bridgehead atoms. The highest BCUT2D eigenvalue weighted by Gasteiger charge is 1.94. The van der Waals surface area contributed by atoms with Gasteiger partial charge in [-0.25, -0.2) is 0 Å². The summed E-state index contributed by atoms with van der Waals surface area (Å²) in [5, 5.41) is 6.24. The van der Waals surface area contributed by atoms with Gasteiger partial charge in [-0.3, -0.25) is 0 Å². The third-order valence-corrected chi connectivity index (χ3v) is 2.11. The summed E-state index contributed by atoms with van der Waals surface area (Å²) in [7, 11) is 0. The van der Waals surface area contributed by atoms with Gasteiger partial charge < -0.3 is 11.5 Å². The summed E-state index contributed by atoms with van der Waals surface area (Å²) in [5.41, 5.74) is 10.2. The fourth-order valence-electron chi connectivity index (χ4n) is 0.701. The molecule has 0 fully saturated rings. The van der Waals surface area contributed by atoms with E-state index in [-0.39, 0.29) is 5.96 Å². The Morgan fingerprint density at radius 2 is 2.33 bits per heavy atom. The minimum absolute atomic E-state index is 0.0273. The largest absolute Gasteiger partial charge is 0.365 e. The molecular weight excluding hydrogens is 172 g/mol. The van der Waals surface area contributed by atoms with Gasteiger partial charge >= 0.3 is 0 Å². The Balaban J connectivity index is 2.64. The van der Waals surface area contributed by atoms with Crippen LogP contribution in [0.25, 0.3) is 0 Å². The van der Waals surface area contributed by atoms with Crippen LogP contribution in [-0.2, 0) is 0 Å². The summed E-state index contributed by atoms with van der Waals surface area (Å²) < 4.78 is 0. The Kier molecular flexibility index (Phi) is 2.82. The van der Waals surface area contributed by atoms with Gasteiger partial charge in [0.2, 0.25) is 6.21 Å². The van der Waals surface area contributed by atoms with Gasteiger partial charge in [-0.2, -0.15) is 0 Å². The van der Waals surface area contributed by atoms with Crippen molar-refractivity contribution in [1.29, 1.82) is 0 Å². The van der Waals surface area contributed by atoms with E-state index in [0.29, 0.717) is 0 Å². The monoisotopic (exact) mass is 183 g/mol. The quantitative estimate of drug-likeness (QED) is 0.304. The SMILES string of the molecule is Cc1ccc(/C=[NH+]/N=C(N)N)s1. The second-order valence-corrected chi connectivity index (χ2v) is 3.58. The molecule has 4 nitrogen and oxygen atoms in total. The van der Waals surface area contributed by atoms with Crippen molar-refractivity contribution in [3.8, 4) is 0 Å². The maximum atomic E-state index is 5.11. The predicted octanol–water partition coefficient (Wildman–Crippen LogP) is -1.26. The van der Waals surface area contributed by atoms with E-state index >= 15 is 0 Å². The van der Waals surface area contributed by atoms with Crippen molar-refractivity contribution >= 4 is 23.5 Å². The molecule has 64 valence electrons. The van der Waals surface area contributed by atoms with Crippen LogP contribution in [0.5, 0.6) is 0 Å². The third-order valence-electron chi connectivity index (χ3n) is 1.16.